The lowest BCUT2D eigenvalue weighted by Crippen LogP contribution is -2.49. The number of esters is 1. The summed E-state index contributed by atoms with van der Waals surface area (Å²) >= 11 is 0. The first-order valence-electron chi connectivity index (χ1n) is 6.65. The molecule has 1 aromatic rings. The summed E-state index contributed by atoms with van der Waals surface area (Å²) in [5, 5.41) is 0. The molecule has 1 aromatic carbocycles. The average Bonchev–Trinajstić information content (AvgIpc) is 2.46. The molecule has 20 heavy (non-hydrogen) atoms. The van der Waals surface area contributed by atoms with Crippen molar-refractivity contribution < 1.29 is 19.1 Å². The van der Waals surface area contributed by atoms with Crippen LogP contribution in [0.25, 0.3) is 0 Å². The lowest BCUT2D eigenvalue weighted by molar-refractivity contribution is -0.159. The van der Waals surface area contributed by atoms with Crippen molar-refractivity contribution in [1.29, 1.82) is 0 Å². The van der Waals surface area contributed by atoms with Crippen LogP contribution in [0.5, 0.6) is 0 Å². The predicted octanol–water partition coefficient (Wildman–Crippen LogP) is 1.77. The van der Waals surface area contributed by atoms with E-state index >= 15 is 0 Å². The molecule has 1 aliphatic heterocycles. The Hall–Kier alpha value is -2.17. The molecule has 1 unspecified atom stereocenters. The molecular weight excluding hydrogens is 258 g/mol. The second-order valence-corrected chi connectivity index (χ2v) is 4.74. The molecule has 0 bridgehead atoms. The highest BCUT2D eigenvalue weighted by molar-refractivity contribution is 6.01. The minimum atomic E-state index is -1.15. The van der Waals surface area contributed by atoms with Gasteiger partial charge in [-0.3, -0.25) is 14.4 Å². The second-order valence-electron chi connectivity index (χ2n) is 4.74. The number of benzene rings is 1. The molecular formula is C15H17NO4. The van der Waals surface area contributed by atoms with Gasteiger partial charge < -0.3 is 9.64 Å². The van der Waals surface area contributed by atoms with Crippen LogP contribution in [0.2, 0.25) is 0 Å². The largest absolute Gasteiger partial charge is 0.434 e. The fraction of sp³-hybridized carbons (Fsp3) is 0.400. The van der Waals surface area contributed by atoms with Crippen LogP contribution in [0.3, 0.4) is 0 Å². The highest BCUT2D eigenvalue weighted by Crippen LogP contribution is 2.18. The Morgan fingerprint density at radius 1 is 1.20 bits per heavy atom. The Labute approximate surface area is 117 Å². The number of ketones is 1. The number of amides is 1. The van der Waals surface area contributed by atoms with Crippen LogP contribution < -0.4 is 0 Å². The normalized spacial score (nSPS) is 16.6. The lowest BCUT2D eigenvalue weighted by atomic mass is 10.1. The number of nitrogens with zero attached hydrogens (tertiary/aromatic N) is 1. The van der Waals surface area contributed by atoms with E-state index < -0.39 is 12.2 Å². The van der Waals surface area contributed by atoms with Crippen molar-refractivity contribution in [1.82, 2.24) is 4.90 Å². The number of hydrogen-bond acceptors (Lipinski definition) is 4. The zero-order chi connectivity index (χ0) is 14.5. The minimum Gasteiger partial charge on any atom is -0.434 e. The molecule has 1 heterocycles. The van der Waals surface area contributed by atoms with Crippen LogP contribution in [0.1, 0.15) is 36.5 Å². The van der Waals surface area contributed by atoms with Gasteiger partial charge in [0.1, 0.15) is 0 Å². The van der Waals surface area contributed by atoms with Gasteiger partial charge in [0.25, 0.3) is 0 Å². The van der Waals surface area contributed by atoms with Crippen molar-refractivity contribution in [2.45, 2.75) is 32.4 Å². The lowest BCUT2D eigenvalue weighted by Gasteiger charge is -2.32. The summed E-state index contributed by atoms with van der Waals surface area (Å²) in [4.78, 5) is 37.0. The maximum Gasteiger partial charge on any atom is 0.304 e. The molecule has 5 nitrogen and oxygen atoms in total. The molecule has 0 saturated carbocycles. The number of Topliss-reactive ketones (excluding diaryl/α,β-unsaturated/α-hetero) is 1. The van der Waals surface area contributed by atoms with E-state index in [0.717, 1.165) is 12.8 Å². The number of ether oxygens (including phenoxy) is 1. The minimum absolute atomic E-state index is 0.146. The highest BCUT2D eigenvalue weighted by atomic mass is 16.6. The highest BCUT2D eigenvalue weighted by Gasteiger charge is 2.34. The van der Waals surface area contributed by atoms with Gasteiger partial charge in [-0.2, -0.15) is 0 Å². The van der Waals surface area contributed by atoms with Gasteiger partial charge in [-0.25, -0.2) is 0 Å². The molecule has 5 heteroatoms. The van der Waals surface area contributed by atoms with Crippen LogP contribution in [0.15, 0.2) is 30.3 Å². The van der Waals surface area contributed by atoms with Crippen molar-refractivity contribution in [3.8, 4) is 0 Å². The molecule has 0 aromatic heterocycles. The van der Waals surface area contributed by atoms with Gasteiger partial charge in [0.2, 0.25) is 17.9 Å². The van der Waals surface area contributed by atoms with Gasteiger partial charge in [0.05, 0.1) is 0 Å². The summed E-state index contributed by atoms with van der Waals surface area (Å²) in [6.07, 6.45) is 0.857. The van der Waals surface area contributed by atoms with Crippen molar-refractivity contribution >= 4 is 17.7 Å². The van der Waals surface area contributed by atoms with Gasteiger partial charge in [0, 0.05) is 25.5 Å². The van der Waals surface area contributed by atoms with E-state index in [-0.39, 0.29) is 11.7 Å². The number of carbonyl (C=O) groups excluding carboxylic acids is 3. The molecule has 0 N–H and O–H groups in total. The zero-order valence-electron chi connectivity index (χ0n) is 11.4. The van der Waals surface area contributed by atoms with Gasteiger partial charge in [-0.1, -0.05) is 30.3 Å². The smallest absolute Gasteiger partial charge is 0.304 e. The molecule has 1 fully saturated rings. The number of carbonyl (C=O) groups is 3. The SMILES string of the molecule is CC(=O)OC(C(=O)c1ccccc1)N1CCCCC1=O. The van der Waals surface area contributed by atoms with E-state index in [4.69, 9.17) is 4.74 Å². The first kappa shape index (κ1) is 14.2. The summed E-state index contributed by atoms with van der Waals surface area (Å²) < 4.78 is 5.09. The Bertz CT molecular complexity index is 512. The quantitative estimate of drug-likeness (QED) is 0.620. The molecule has 2 rings (SSSR count). The summed E-state index contributed by atoms with van der Waals surface area (Å²) in [6, 6.07) is 8.55. The van der Waals surface area contributed by atoms with E-state index in [1.54, 1.807) is 30.3 Å². The Kier molecular flexibility index (Phi) is 4.50. The van der Waals surface area contributed by atoms with Crippen molar-refractivity contribution in [2.75, 3.05) is 6.54 Å². The van der Waals surface area contributed by atoms with E-state index in [1.165, 1.54) is 11.8 Å². The Balaban J connectivity index is 2.25. The van der Waals surface area contributed by atoms with Crippen molar-refractivity contribution in [2.24, 2.45) is 0 Å². The molecule has 1 saturated heterocycles. The molecule has 0 radical (unpaired) electrons. The number of likely N-dealkylation sites (tertiary alicyclic amines) is 1. The van der Waals surface area contributed by atoms with Gasteiger partial charge in [-0.05, 0) is 12.8 Å². The van der Waals surface area contributed by atoms with Crippen LogP contribution >= 0.6 is 0 Å². The maximum absolute atomic E-state index is 12.5. The third-order valence-electron chi connectivity index (χ3n) is 3.20. The van der Waals surface area contributed by atoms with E-state index in [2.05, 4.69) is 0 Å². The fourth-order valence-corrected chi connectivity index (χ4v) is 2.24. The van der Waals surface area contributed by atoms with E-state index in [0.29, 0.717) is 18.5 Å². The van der Waals surface area contributed by atoms with Crippen molar-refractivity contribution in [3.63, 3.8) is 0 Å². The Morgan fingerprint density at radius 2 is 1.90 bits per heavy atom. The predicted molar refractivity (Wildman–Crippen MR) is 71.9 cm³/mol. The standard InChI is InChI=1S/C15H17NO4/c1-11(17)20-15(16-10-6-5-9-13(16)18)14(19)12-7-3-2-4-8-12/h2-4,7-8,15H,5-6,9-10H2,1H3. The van der Waals surface area contributed by atoms with E-state index in [1.807, 2.05) is 0 Å². The monoisotopic (exact) mass is 275 g/mol. The van der Waals surface area contributed by atoms with Gasteiger partial charge >= 0.3 is 5.97 Å². The van der Waals surface area contributed by atoms with Gasteiger partial charge in [-0.15, -0.1) is 0 Å². The second kappa shape index (κ2) is 6.32. The van der Waals surface area contributed by atoms with E-state index in [9.17, 15) is 14.4 Å². The zero-order valence-corrected chi connectivity index (χ0v) is 11.4. The number of hydrogen-bond donors (Lipinski definition) is 0. The third-order valence-corrected chi connectivity index (χ3v) is 3.20. The van der Waals surface area contributed by atoms with Crippen LogP contribution in [0.4, 0.5) is 0 Å². The molecule has 1 aliphatic rings. The summed E-state index contributed by atoms with van der Waals surface area (Å²) in [5.41, 5.74) is 0.428. The Morgan fingerprint density at radius 3 is 2.50 bits per heavy atom. The number of piperidine rings is 1. The molecule has 0 aliphatic carbocycles. The van der Waals surface area contributed by atoms with Crippen LogP contribution in [-0.4, -0.2) is 35.3 Å². The third kappa shape index (κ3) is 3.23. The van der Waals surface area contributed by atoms with Crippen molar-refractivity contribution in [3.05, 3.63) is 35.9 Å². The fourth-order valence-electron chi connectivity index (χ4n) is 2.24. The van der Waals surface area contributed by atoms with Crippen LogP contribution in [-0.2, 0) is 14.3 Å². The first-order valence-corrected chi connectivity index (χ1v) is 6.65. The molecule has 106 valence electrons. The first-order chi connectivity index (χ1) is 9.59. The topological polar surface area (TPSA) is 63.7 Å². The van der Waals surface area contributed by atoms with Gasteiger partial charge in [0.15, 0.2) is 0 Å². The molecule has 0 spiro atoms. The molecule has 1 atom stereocenters. The summed E-state index contributed by atoms with van der Waals surface area (Å²) in [5.74, 6) is -1.08. The molecule has 1 amide bonds. The summed E-state index contributed by atoms with van der Waals surface area (Å²) in [7, 11) is 0. The van der Waals surface area contributed by atoms with Crippen LogP contribution in [0, 0.1) is 0 Å². The number of rotatable bonds is 4. The average molecular weight is 275 g/mol. The summed E-state index contributed by atoms with van der Waals surface area (Å²) in [6.45, 7) is 1.68. The maximum atomic E-state index is 12.5.